The first-order valence-electron chi connectivity index (χ1n) is 10.7. The van der Waals surface area contributed by atoms with Crippen molar-refractivity contribution in [2.75, 3.05) is 12.3 Å². The number of nitrogens with zero attached hydrogens (tertiary/aromatic N) is 7. The van der Waals surface area contributed by atoms with Crippen molar-refractivity contribution in [3.8, 4) is 0 Å². The lowest BCUT2D eigenvalue weighted by molar-refractivity contribution is -0.124. The van der Waals surface area contributed by atoms with Crippen LogP contribution in [0.4, 0.5) is 10.2 Å². The summed E-state index contributed by atoms with van der Waals surface area (Å²) in [7, 11) is 1.82. The molecule has 2 N–H and O–H groups in total. The van der Waals surface area contributed by atoms with Crippen molar-refractivity contribution in [2.24, 2.45) is 7.05 Å². The van der Waals surface area contributed by atoms with Crippen molar-refractivity contribution in [1.82, 2.24) is 34.0 Å². The first-order chi connectivity index (χ1) is 16.0. The summed E-state index contributed by atoms with van der Waals surface area (Å²) in [4.78, 5) is 27.1. The number of amides is 1. The lowest BCUT2D eigenvalue weighted by atomic mass is 9.75. The van der Waals surface area contributed by atoms with Crippen molar-refractivity contribution in [1.29, 1.82) is 0 Å². The monoisotopic (exact) mass is 444 g/mol. The molecule has 1 aliphatic heterocycles. The number of aromatic nitrogens is 6. The molecule has 0 aliphatic carbocycles. The van der Waals surface area contributed by atoms with Crippen LogP contribution in [0.1, 0.15) is 30.4 Å². The maximum absolute atomic E-state index is 15.8. The summed E-state index contributed by atoms with van der Waals surface area (Å²) < 4.78 is 19.3. The molecule has 4 aromatic heterocycles. The first kappa shape index (κ1) is 19.6. The Labute approximate surface area is 187 Å². The molecule has 10 heteroatoms. The smallest absolute Gasteiger partial charge is 0.210 e. The Morgan fingerprint density at radius 1 is 1.15 bits per heavy atom. The highest BCUT2D eigenvalue weighted by Gasteiger charge is 2.44. The molecule has 1 amide bonds. The predicted octanol–water partition coefficient (Wildman–Crippen LogP) is 2.77. The van der Waals surface area contributed by atoms with Gasteiger partial charge in [-0.05, 0) is 31.4 Å². The van der Waals surface area contributed by atoms with E-state index < -0.39 is 11.4 Å². The number of pyridine rings is 1. The number of fused-ring (bicyclic) bond motifs is 4. The zero-order valence-corrected chi connectivity index (χ0v) is 17.9. The fraction of sp³-hybridized carbons (Fsp3) is 0.261. The molecular formula is C23H21FN8O. The summed E-state index contributed by atoms with van der Waals surface area (Å²) in [6.07, 6.45) is 9.78. The fourth-order valence-electron chi connectivity index (χ4n) is 5.18. The molecule has 166 valence electrons. The van der Waals surface area contributed by atoms with Gasteiger partial charge in [0.2, 0.25) is 6.41 Å². The van der Waals surface area contributed by atoms with Gasteiger partial charge in [-0.25, -0.2) is 19.3 Å². The number of carbonyl (C=O) groups is 1. The molecule has 1 atom stereocenters. The minimum absolute atomic E-state index is 0.278. The van der Waals surface area contributed by atoms with E-state index in [0.717, 1.165) is 35.8 Å². The number of hydrogen-bond acceptors (Lipinski definition) is 6. The largest absolute Gasteiger partial charge is 0.382 e. The Bertz CT molecular complexity index is 1560. The number of nitrogens with two attached hydrogens (primary N) is 1. The van der Waals surface area contributed by atoms with E-state index in [2.05, 4.69) is 20.1 Å². The van der Waals surface area contributed by atoms with Crippen LogP contribution in [-0.4, -0.2) is 47.0 Å². The van der Waals surface area contributed by atoms with Crippen LogP contribution in [0.3, 0.4) is 0 Å². The third-order valence-corrected chi connectivity index (χ3v) is 6.77. The number of piperidine rings is 1. The van der Waals surface area contributed by atoms with Crippen molar-refractivity contribution in [3.63, 3.8) is 0 Å². The SMILES string of the molecule is Cn1ncc2cc(C3(c4cc5c(cc4F)nc(N)c4cncn45)CCCCN3C=O)cnc21. The molecule has 9 nitrogen and oxygen atoms in total. The normalized spacial score (nSPS) is 19.0. The minimum atomic E-state index is -1.01. The van der Waals surface area contributed by atoms with Gasteiger partial charge < -0.3 is 10.6 Å². The van der Waals surface area contributed by atoms with E-state index in [1.165, 1.54) is 6.07 Å². The molecule has 5 heterocycles. The van der Waals surface area contributed by atoms with Crippen molar-refractivity contribution in [2.45, 2.75) is 24.8 Å². The van der Waals surface area contributed by atoms with Gasteiger partial charge >= 0.3 is 0 Å². The van der Waals surface area contributed by atoms with E-state index in [1.54, 1.807) is 45.0 Å². The number of halogens is 1. The number of rotatable bonds is 3. The summed E-state index contributed by atoms with van der Waals surface area (Å²) in [6.45, 7) is 0.520. The molecule has 0 saturated carbocycles. The van der Waals surface area contributed by atoms with E-state index in [4.69, 9.17) is 5.73 Å². The molecule has 0 spiro atoms. The van der Waals surface area contributed by atoms with Gasteiger partial charge in [0, 0.05) is 42.4 Å². The van der Waals surface area contributed by atoms with Crippen LogP contribution in [0.15, 0.2) is 43.1 Å². The van der Waals surface area contributed by atoms with E-state index in [9.17, 15) is 4.79 Å². The maximum atomic E-state index is 15.8. The third-order valence-electron chi connectivity index (χ3n) is 6.77. The van der Waals surface area contributed by atoms with Crippen LogP contribution in [0.25, 0.3) is 27.6 Å². The highest BCUT2D eigenvalue weighted by molar-refractivity contribution is 5.84. The quantitative estimate of drug-likeness (QED) is 0.429. The average molecular weight is 444 g/mol. The summed E-state index contributed by atoms with van der Waals surface area (Å²) in [5.41, 5.74) is 8.63. The molecular weight excluding hydrogens is 423 g/mol. The predicted molar refractivity (Wildman–Crippen MR) is 121 cm³/mol. The molecule has 1 aliphatic rings. The van der Waals surface area contributed by atoms with Crippen LogP contribution in [0.2, 0.25) is 0 Å². The van der Waals surface area contributed by atoms with Gasteiger partial charge in [-0.15, -0.1) is 0 Å². The Morgan fingerprint density at radius 2 is 2.03 bits per heavy atom. The van der Waals surface area contributed by atoms with E-state index >= 15 is 4.39 Å². The van der Waals surface area contributed by atoms with E-state index in [0.29, 0.717) is 35.1 Å². The standard InChI is InChI=1S/C23H21FN8O/c1-30-22-14(9-28-30)6-15(10-27-22)23(4-2-3-5-31(23)13-33)16-7-19-18(8-17(16)24)29-21(25)20-11-26-12-32(19)20/h6-13H,2-5H2,1H3,(H2,25,29). The average Bonchev–Trinajstić information content (AvgIpc) is 3.46. The number of benzene rings is 1. The van der Waals surface area contributed by atoms with E-state index in [1.807, 2.05) is 13.1 Å². The number of imidazole rings is 1. The zero-order valence-electron chi connectivity index (χ0n) is 17.9. The van der Waals surface area contributed by atoms with Crippen LogP contribution in [-0.2, 0) is 17.4 Å². The van der Waals surface area contributed by atoms with Crippen LogP contribution in [0, 0.1) is 5.82 Å². The Hall–Kier alpha value is -4.08. The topological polar surface area (TPSA) is 107 Å². The number of anilines is 1. The summed E-state index contributed by atoms with van der Waals surface area (Å²) >= 11 is 0. The Morgan fingerprint density at radius 3 is 2.88 bits per heavy atom. The highest BCUT2D eigenvalue weighted by Crippen LogP contribution is 2.45. The number of hydrogen-bond donors (Lipinski definition) is 1. The van der Waals surface area contributed by atoms with Crippen LogP contribution >= 0.6 is 0 Å². The molecule has 33 heavy (non-hydrogen) atoms. The van der Waals surface area contributed by atoms with Gasteiger partial charge in [0.25, 0.3) is 0 Å². The van der Waals surface area contributed by atoms with Gasteiger partial charge in [0.05, 0.1) is 35.3 Å². The summed E-state index contributed by atoms with van der Waals surface area (Å²) in [5, 5.41) is 5.11. The van der Waals surface area contributed by atoms with Crippen molar-refractivity contribution in [3.05, 3.63) is 60.1 Å². The molecule has 6 rings (SSSR count). The summed E-state index contributed by atoms with van der Waals surface area (Å²) in [5.74, 6) is -0.172. The number of nitrogen functional groups attached to an aromatic ring is 1. The third kappa shape index (κ3) is 2.66. The van der Waals surface area contributed by atoms with Crippen molar-refractivity contribution >= 4 is 39.8 Å². The molecule has 0 bridgehead atoms. The van der Waals surface area contributed by atoms with E-state index in [-0.39, 0.29) is 5.82 Å². The van der Waals surface area contributed by atoms with Gasteiger partial charge in [0.15, 0.2) is 5.65 Å². The lowest BCUT2D eigenvalue weighted by Crippen LogP contribution is -2.50. The Kier molecular flexibility index (Phi) is 4.13. The van der Waals surface area contributed by atoms with Crippen molar-refractivity contribution < 1.29 is 9.18 Å². The lowest BCUT2D eigenvalue weighted by Gasteiger charge is -2.46. The van der Waals surface area contributed by atoms with Gasteiger partial charge in [-0.1, -0.05) is 0 Å². The fourth-order valence-corrected chi connectivity index (χ4v) is 5.18. The molecule has 0 radical (unpaired) electrons. The second-order valence-electron chi connectivity index (χ2n) is 8.49. The first-order valence-corrected chi connectivity index (χ1v) is 10.7. The molecule has 1 fully saturated rings. The molecule has 1 saturated heterocycles. The van der Waals surface area contributed by atoms with Gasteiger partial charge in [0.1, 0.15) is 17.2 Å². The second kappa shape index (κ2) is 6.96. The van der Waals surface area contributed by atoms with Gasteiger partial charge in [-0.2, -0.15) is 5.10 Å². The number of likely N-dealkylation sites (tertiary alicyclic amines) is 1. The molecule has 1 aromatic carbocycles. The highest BCUT2D eigenvalue weighted by atomic mass is 19.1. The van der Waals surface area contributed by atoms with Gasteiger partial charge in [-0.3, -0.25) is 13.9 Å². The molecule has 5 aromatic rings. The number of aryl methyl sites for hydroxylation is 1. The Balaban J connectivity index is 1.68. The molecule has 1 unspecified atom stereocenters. The van der Waals surface area contributed by atoms with Crippen LogP contribution in [0.5, 0.6) is 0 Å². The zero-order chi connectivity index (χ0) is 22.7. The number of carbonyl (C=O) groups excluding carboxylic acids is 1. The summed E-state index contributed by atoms with van der Waals surface area (Å²) in [6, 6.07) is 5.10. The minimum Gasteiger partial charge on any atom is -0.382 e. The van der Waals surface area contributed by atoms with Crippen LogP contribution < -0.4 is 5.73 Å². The second-order valence-corrected chi connectivity index (χ2v) is 8.49. The maximum Gasteiger partial charge on any atom is 0.210 e.